The van der Waals surface area contributed by atoms with E-state index in [1.807, 2.05) is 83.1 Å². The highest BCUT2D eigenvalue weighted by Crippen LogP contribution is 2.67. The fraction of sp³-hybridized carbons (Fsp3) is 0.750. The summed E-state index contributed by atoms with van der Waals surface area (Å²) in [5.41, 5.74) is -15.3. The maximum Gasteiger partial charge on any atom is 0.416 e. The zero-order valence-corrected chi connectivity index (χ0v) is 73.8. The first-order chi connectivity index (χ1) is 58.9. The summed E-state index contributed by atoms with van der Waals surface area (Å²) in [6.45, 7) is 24.5. The summed E-state index contributed by atoms with van der Waals surface area (Å²) >= 11 is 0. The van der Waals surface area contributed by atoms with Gasteiger partial charge in [-0.3, -0.25) is 42.5 Å². The van der Waals surface area contributed by atoms with Crippen LogP contribution in [0, 0.1) is 140 Å². The molecule has 0 radical (unpaired) electrons. The van der Waals surface area contributed by atoms with E-state index < -0.39 is 283 Å². The van der Waals surface area contributed by atoms with Gasteiger partial charge in [-0.05, 0) is 338 Å². The lowest BCUT2D eigenvalue weighted by molar-refractivity contribution is -0.144. The number of rotatable bonds is 4. The average Bonchev–Trinajstić information content (AvgIpc) is 1.46. The molecule has 24 atom stereocenters. The lowest BCUT2D eigenvalue weighted by atomic mass is 9.52. The molecule has 5 aliphatic heterocycles. The summed E-state index contributed by atoms with van der Waals surface area (Å²) in [4.78, 5) is 0. The fourth-order valence-corrected chi connectivity index (χ4v) is 29.1. The lowest BCUT2D eigenvalue weighted by Crippen LogP contribution is -2.62. The molecule has 8 aliphatic carbocycles. The highest BCUT2D eigenvalue weighted by atomic mass is 19.4. The summed E-state index contributed by atoms with van der Waals surface area (Å²) in [6.07, 6.45) is -46.1. The van der Waals surface area contributed by atoms with Crippen LogP contribution in [0.4, 0.5) is 105 Å². The molecule has 5 heterocycles. The van der Waals surface area contributed by atoms with Gasteiger partial charge >= 0.3 is 49.4 Å². The standard InChI is InChI=1S/C96H120F24N8/c1-85(2,3)49-13-17-61-41(21-49)33-65-73(69(61)45-25-53(89(97,98)99)37-54(26-45)90(100,101)102)81-121-77(65)125-82-74-66(34-42-22-50(86(4,5)6)14-18-62(42)70(74)46-27-55(91(103,104)105)38-56(28-46)92(106,107)108)79(122-82)127-84-76-68(36-44-24-52(88(10,11)12)16-20-64(44)72(76)48-31-59(95(115,116)117)40-60(32-48)96(118,119)120)80(124-84)128-83-75-67(78(123-83)126-81)35-43-23-51(87(7,8)9)15-19-63(43)71(75)47-29-57(93(109,110)111)39-58(30-47)94(112,113)114/h25-32,37-44,49-52,61-84,121-128H,13-24,33-36H2,1-12H3. The van der Waals surface area contributed by atoms with Crippen LogP contribution in [0.25, 0.3) is 0 Å². The van der Waals surface area contributed by atoms with Gasteiger partial charge in [0.25, 0.3) is 0 Å². The Morgan fingerprint density at radius 3 is 0.469 bits per heavy atom. The highest BCUT2D eigenvalue weighted by molar-refractivity contribution is 5.43. The first-order valence-electron chi connectivity index (χ1n) is 46.2. The zero-order chi connectivity index (χ0) is 92.9. The summed E-state index contributed by atoms with van der Waals surface area (Å²) < 4.78 is 378. The maximum atomic E-state index is 15.7. The first-order valence-corrected chi connectivity index (χ1v) is 46.2. The van der Waals surface area contributed by atoms with E-state index in [4.69, 9.17) is 0 Å². The second-order valence-corrected chi connectivity index (χ2v) is 45.7. The van der Waals surface area contributed by atoms with Gasteiger partial charge in [-0.25, -0.2) is 0 Å². The molecule has 24 unspecified atom stereocenters. The number of alkyl halides is 24. The molecule has 0 spiro atoms. The van der Waals surface area contributed by atoms with Gasteiger partial charge in [0, 0.05) is 23.7 Å². The monoisotopic (exact) mass is 1840 g/mol. The van der Waals surface area contributed by atoms with Crippen molar-refractivity contribution in [3.05, 3.63) is 140 Å². The van der Waals surface area contributed by atoms with Crippen LogP contribution in [-0.2, 0) is 49.4 Å². The SMILES string of the molecule is CC(C)(C)C1CCC2C(CC3C4NC(NC5NC(NC6NC(NC7NC(N4)C4C7CC7CC(C(C)(C)C)CCC7C4c4cc(C(F)(F)F)cc(C(F)(F)F)c4)C4C6CC6CC(C(C)(C)C)CCC6C4c4cc(C(F)(F)F)cc(C(F)(F)F)c4)C4C5CC5CC(C(C)(C)C)CCC5C4c4cc(C(F)(F)F)cc(C(F)(F)F)c4)C3C2c2cc(C(F)(F)F)cc(C(F)(F)F)c2)C1. The Balaban J connectivity index is 0.920. The molecule has 712 valence electrons. The Morgan fingerprint density at radius 1 is 0.188 bits per heavy atom. The van der Waals surface area contributed by atoms with Gasteiger partial charge in [0.2, 0.25) is 0 Å². The number of halogens is 24. The van der Waals surface area contributed by atoms with E-state index in [0.29, 0.717) is 77.0 Å². The molecule has 32 heteroatoms. The minimum absolute atomic E-state index is 0.0503. The van der Waals surface area contributed by atoms with E-state index in [0.717, 1.165) is 48.5 Å². The molecular weight excluding hydrogens is 1720 g/mol. The van der Waals surface area contributed by atoms with E-state index in [9.17, 15) is 0 Å². The molecule has 17 rings (SSSR count). The van der Waals surface area contributed by atoms with Crippen LogP contribution in [-0.4, -0.2) is 49.3 Å². The predicted molar refractivity (Wildman–Crippen MR) is 434 cm³/mol. The molecule has 8 saturated carbocycles. The van der Waals surface area contributed by atoms with E-state index in [1.165, 1.54) is 0 Å². The van der Waals surface area contributed by atoms with Crippen LogP contribution in [0.2, 0.25) is 0 Å². The van der Waals surface area contributed by atoms with Gasteiger partial charge in [0.1, 0.15) is 0 Å². The van der Waals surface area contributed by atoms with Crippen molar-refractivity contribution in [1.29, 1.82) is 0 Å². The van der Waals surface area contributed by atoms with Gasteiger partial charge in [-0.1, -0.05) is 83.1 Å². The topological polar surface area (TPSA) is 96.2 Å². The average molecular weight is 1840 g/mol. The maximum absolute atomic E-state index is 15.7. The molecule has 0 aromatic heterocycles. The number of nitrogens with one attached hydrogen (secondary N) is 8. The van der Waals surface area contributed by atoms with Gasteiger partial charge in [0.05, 0.1) is 93.8 Å². The van der Waals surface area contributed by atoms with Crippen LogP contribution in [0.5, 0.6) is 0 Å². The van der Waals surface area contributed by atoms with E-state index >= 15 is 105 Å². The fourth-order valence-electron chi connectivity index (χ4n) is 29.1. The van der Waals surface area contributed by atoms with Gasteiger partial charge < -0.3 is 0 Å². The zero-order valence-electron chi connectivity index (χ0n) is 73.8. The largest absolute Gasteiger partial charge is 0.416 e. The van der Waals surface area contributed by atoms with E-state index in [-0.39, 0.29) is 95.9 Å². The molecule has 13 fully saturated rings. The molecule has 5 saturated heterocycles. The minimum atomic E-state index is -5.34. The van der Waals surface area contributed by atoms with Crippen molar-refractivity contribution < 1.29 is 105 Å². The number of benzene rings is 4. The van der Waals surface area contributed by atoms with Crippen LogP contribution in [0.15, 0.2) is 72.8 Å². The van der Waals surface area contributed by atoms with Crippen molar-refractivity contribution >= 4 is 0 Å². The third-order valence-corrected chi connectivity index (χ3v) is 34.9. The van der Waals surface area contributed by atoms with E-state index in [1.54, 1.807) is 0 Å². The van der Waals surface area contributed by atoms with Crippen molar-refractivity contribution in [2.75, 3.05) is 0 Å². The third kappa shape index (κ3) is 18.0. The predicted octanol–water partition coefficient (Wildman–Crippen LogP) is 25.5. The smallest absolute Gasteiger partial charge is 0.286 e. The van der Waals surface area contributed by atoms with Crippen LogP contribution >= 0.6 is 0 Å². The molecule has 13 aliphatic rings. The molecule has 128 heavy (non-hydrogen) atoms. The van der Waals surface area contributed by atoms with Crippen molar-refractivity contribution in [3.63, 3.8) is 0 Å². The van der Waals surface area contributed by atoms with Crippen LogP contribution in [0.1, 0.15) is 276 Å². The molecule has 4 aromatic carbocycles. The van der Waals surface area contributed by atoms with Gasteiger partial charge in [0.15, 0.2) is 0 Å². The van der Waals surface area contributed by atoms with Gasteiger partial charge in [-0.15, -0.1) is 0 Å². The normalized spacial score (nSPS) is 39.3. The molecule has 4 aromatic rings. The van der Waals surface area contributed by atoms with Crippen LogP contribution in [0.3, 0.4) is 0 Å². The van der Waals surface area contributed by atoms with Crippen molar-refractivity contribution in [2.24, 2.45) is 140 Å². The molecule has 8 nitrogen and oxygen atoms in total. The Bertz CT molecular complexity index is 4000. The number of hydrogen-bond acceptors (Lipinski definition) is 8. The van der Waals surface area contributed by atoms with E-state index in [2.05, 4.69) is 42.5 Å². The summed E-state index contributed by atoms with van der Waals surface area (Å²) in [5.74, 6) is -16.7. The minimum Gasteiger partial charge on any atom is -0.286 e. The highest BCUT2D eigenvalue weighted by Gasteiger charge is 2.67. The van der Waals surface area contributed by atoms with Crippen molar-refractivity contribution in [2.45, 2.75) is 308 Å². The molecule has 8 bridgehead atoms. The number of hydrogen-bond donors (Lipinski definition) is 8. The Hall–Kier alpha value is -5.12. The molecule has 0 amide bonds. The Kier molecular flexibility index (Phi) is 23.9. The van der Waals surface area contributed by atoms with Gasteiger partial charge in [-0.2, -0.15) is 105 Å². The quantitative estimate of drug-likeness (QED) is 0.0958. The van der Waals surface area contributed by atoms with Crippen molar-refractivity contribution in [1.82, 2.24) is 42.5 Å². The summed E-state index contributed by atoms with van der Waals surface area (Å²) in [5, 5.41) is 31.0. The Labute approximate surface area is 732 Å². The third-order valence-electron chi connectivity index (χ3n) is 34.9. The first kappa shape index (κ1) is 94.6. The molecule has 8 N–H and O–H groups in total. The summed E-state index contributed by atoms with van der Waals surface area (Å²) in [7, 11) is 0. The second-order valence-electron chi connectivity index (χ2n) is 45.7. The second kappa shape index (κ2) is 32.3. The van der Waals surface area contributed by atoms with Crippen molar-refractivity contribution in [3.8, 4) is 0 Å². The number of fused-ring (bicyclic) bond motifs is 24. The Morgan fingerprint density at radius 2 is 0.336 bits per heavy atom. The summed E-state index contributed by atoms with van der Waals surface area (Å²) in [6, 6.07) is 6.40. The lowest BCUT2D eigenvalue weighted by Gasteiger charge is -2.54. The van der Waals surface area contributed by atoms with Crippen LogP contribution < -0.4 is 42.5 Å². The molecular formula is C96H120F24N8.